The summed E-state index contributed by atoms with van der Waals surface area (Å²) in [4.78, 5) is 4.53. The van der Waals surface area contributed by atoms with E-state index in [1.54, 1.807) is 0 Å². The summed E-state index contributed by atoms with van der Waals surface area (Å²) in [5.74, 6) is 0.661. The van der Waals surface area contributed by atoms with E-state index in [-0.39, 0.29) is 5.41 Å². The van der Waals surface area contributed by atoms with Crippen LogP contribution in [-0.2, 0) is 5.41 Å². The summed E-state index contributed by atoms with van der Waals surface area (Å²) in [6, 6.07) is 6.05. The lowest BCUT2D eigenvalue weighted by Gasteiger charge is -2.38. The molecule has 1 heterocycles. The van der Waals surface area contributed by atoms with Crippen molar-refractivity contribution in [3.63, 3.8) is 0 Å². The third-order valence-electron chi connectivity index (χ3n) is 4.23. The van der Waals surface area contributed by atoms with Crippen molar-refractivity contribution < 1.29 is 0 Å². The highest BCUT2D eigenvalue weighted by Gasteiger charge is 2.43. The van der Waals surface area contributed by atoms with Crippen LogP contribution in [0.2, 0.25) is 10.0 Å². The minimum atomic E-state index is 0.131. The van der Waals surface area contributed by atoms with Crippen molar-refractivity contribution in [3.8, 4) is 0 Å². The van der Waals surface area contributed by atoms with Crippen LogP contribution in [0, 0.1) is 5.92 Å². The van der Waals surface area contributed by atoms with Crippen LogP contribution in [0.3, 0.4) is 0 Å². The largest absolute Gasteiger partial charge is 0.296 e. The monoisotopic (exact) mass is 267 g/mol. The van der Waals surface area contributed by atoms with Crippen LogP contribution in [-0.4, -0.2) is 12.8 Å². The Morgan fingerprint density at radius 2 is 2.06 bits per heavy atom. The van der Waals surface area contributed by atoms with E-state index in [9.17, 15) is 0 Å². The fourth-order valence-electron chi connectivity index (χ4n) is 3.28. The first kappa shape index (κ1) is 11.6. The van der Waals surface area contributed by atoms with Crippen LogP contribution in [0.5, 0.6) is 0 Å². The van der Waals surface area contributed by atoms with Crippen LogP contribution in [0.15, 0.2) is 23.2 Å². The second-order valence-electron chi connectivity index (χ2n) is 5.11. The molecule has 90 valence electrons. The zero-order valence-corrected chi connectivity index (χ0v) is 11.1. The lowest BCUT2D eigenvalue weighted by atomic mass is 9.64. The molecule has 1 saturated carbocycles. The number of benzene rings is 1. The van der Waals surface area contributed by atoms with Crippen molar-refractivity contribution >= 4 is 29.4 Å². The Labute approximate surface area is 112 Å². The van der Waals surface area contributed by atoms with Gasteiger partial charge in [-0.25, -0.2) is 0 Å². The first-order valence-electron chi connectivity index (χ1n) is 6.19. The molecule has 1 nitrogen and oxygen atoms in total. The first-order valence-corrected chi connectivity index (χ1v) is 6.94. The quantitative estimate of drug-likeness (QED) is 0.710. The fourth-order valence-corrected chi connectivity index (χ4v) is 3.58. The van der Waals surface area contributed by atoms with Gasteiger partial charge >= 0.3 is 0 Å². The van der Waals surface area contributed by atoms with Gasteiger partial charge < -0.3 is 0 Å². The third-order valence-corrected chi connectivity index (χ3v) is 4.97. The average Bonchev–Trinajstić information content (AvgIpc) is 2.77. The Morgan fingerprint density at radius 3 is 2.88 bits per heavy atom. The lowest BCUT2D eigenvalue weighted by Crippen LogP contribution is -2.37. The van der Waals surface area contributed by atoms with Gasteiger partial charge in [-0.1, -0.05) is 42.1 Å². The molecule has 0 spiro atoms. The van der Waals surface area contributed by atoms with Gasteiger partial charge in [-0.2, -0.15) is 0 Å². The molecule has 17 heavy (non-hydrogen) atoms. The molecule has 0 amide bonds. The summed E-state index contributed by atoms with van der Waals surface area (Å²) < 4.78 is 0. The number of aliphatic imine (C=N–C) groups is 1. The molecule has 1 fully saturated rings. The topological polar surface area (TPSA) is 12.4 Å². The standard InChI is InChI=1S/C14H15Cl2N/c15-12-5-4-10(7-13(12)16)14-6-2-1-3-11(14)8-17-9-14/h4-5,7,9,11H,1-3,6,8H2/t11-,14?/m0/s1. The van der Waals surface area contributed by atoms with E-state index in [0.29, 0.717) is 16.0 Å². The molecule has 2 aliphatic rings. The van der Waals surface area contributed by atoms with Crippen LogP contribution >= 0.6 is 23.2 Å². The van der Waals surface area contributed by atoms with Crippen molar-refractivity contribution in [3.05, 3.63) is 33.8 Å². The second kappa shape index (κ2) is 4.29. The number of hydrogen-bond acceptors (Lipinski definition) is 1. The zero-order chi connectivity index (χ0) is 11.9. The normalized spacial score (nSPS) is 31.5. The average molecular weight is 268 g/mol. The Hall–Kier alpha value is -0.530. The minimum absolute atomic E-state index is 0.131. The van der Waals surface area contributed by atoms with Gasteiger partial charge in [0.15, 0.2) is 0 Å². The Morgan fingerprint density at radius 1 is 1.18 bits per heavy atom. The number of nitrogens with zero attached hydrogens (tertiary/aromatic N) is 1. The van der Waals surface area contributed by atoms with Crippen LogP contribution < -0.4 is 0 Å². The smallest absolute Gasteiger partial charge is 0.0595 e. The molecular weight excluding hydrogens is 253 g/mol. The van der Waals surface area contributed by atoms with E-state index in [2.05, 4.69) is 17.3 Å². The highest BCUT2D eigenvalue weighted by atomic mass is 35.5. The molecule has 1 aliphatic carbocycles. The predicted molar refractivity (Wildman–Crippen MR) is 73.5 cm³/mol. The van der Waals surface area contributed by atoms with E-state index in [1.165, 1.54) is 31.2 Å². The van der Waals surface area contributed by atoms with E-state index in [4.69, 9.17) is 23.2 Å². The van der Waals surface area contributed by atoms with E-state index < -0.39 is 0 Å². The first-order chi connectivity index (χ1) is 8.22. The molecule has 2 atom stereocenters. The van der Waals surface area contributed by atoms with Crippen LogP contribution in [0.25, 0.3) is 0 Å². The zero-order valence-electron chi connectivity index (χ0n) is 9.63. The molecule has 1 unspecified atom stereocenters. The van der Waals surface area contributed by atoms with E-state index >= 15 is 0 Å². The molecule has 1 aliphatic heterocycles. The minimum Gasteiger partial charge on any atom is -0.296 e. The molecule has 3 rings (SSSR count). The maximum atomic E-state index is 6.14. The predicted octanol–water partition coefficient (Wildman–Crippen LogP) is 4.51. The summed E-state index contributed by atoms with van der Waals surface area (Å²) in [5, 5.41) is 1.29. The molecule has 1 aromatic carbocycles. The number of rotatable bonds is 1. The molecular formula is C14H15Cl2N. The summed E-state index contributed by atoms with van der Waals surface area (Å²) >= 11 is 12.1. The van der Waals surface area contributed by atoms with Gasteiger partial charge in [0.05, 0.1) is 10.0 Å². The Bertz CT molecular complexity index is 469. The molecule has 3 heteroatoms. The van der Waals surface area contributed by atoms with Crippen LogP contribution in [0.4, 0.5) is 0 Å². The number of fused-ring (bicyclic) bond motifs is 1. The summed E-state index contributed by atoms with van der Waals surface area (Å²) in [6.45, 7) is 0.972. The van der Waals surface area contributed by atoms with Gasteiger partial charge in [-0.05, 0) is 36.5 Å². The van der Waals surface area contributed by atoms with Gasteiger partial charge in [-0.3, -0.25) is 4.99 Å². The van der Waals surface area contributed by atoms with Gasteiger partial charge in [0, 0.05) is 18.2 Å². The second-order valence-corrected chi connectivity index (χ2v) is 5.92. The maximum Gasteiger partial charge on any atom is 0.0595 e. The molecule has 1 aromatic rings. The van der Waals surface area contributed by atoms with E-state index in [1.807, 2.05) is 12.1 Å². The lowest BCUT2D eigenvalue weighted by molar-refractivity contribution is 0.283. The highest BCUT2D eigenvalue weighted by Crippen LogP contribution is 2.46. The number of hydrogen-bond donors (Lipinski definition) is 0. The highest BCUT2D eigenvalue weighted by molar-refractivity contribution is 6.42. The van der Waals surface area contributed by atoms with Crippen molar-refractivity contribution in [2.75, 3.05) is 6.54 Å². The van der Waals surface area contributed by atoms with E-state index in [0.717, 1.165) is 6.54 Å². The number of halogens is 2. The Kier molecular flexibility index (Phi) is 2.92. The van der Waals surface area contributed by atoms with Crippen LogP contribution in [0.1, 0.15) is 31.2 Å². The molecule has 0 N–H and O–H groups in total. The van der Waals surface area contributed by atoms with Gasteiger partial charge in [0.2, 0.25) is 0 Å². The van der Waals surface area contributed by atoms with Gasteiger partial charge in [0.25, 0.3) is 0 Å². The maximum absolute atomic E-state index is 6.14. The summed E-state index contributed by atoms with van der Waals surface area (Å²) in [7, 11) is 0. The van der Waals surface area contributed by atoms with Crippen molar-refractivity contribution in [1.29, 1.82) is 0 Å². The molecule has 0 radical (unpaired) electrons. The van der Waals surface area contributed by atoms with Crippen molar-refractivity contribution in [2.24, 2.45) is 10.9 Å². The third kappa shape index (κ3) is 1.80. The summed E-state index contributed by atoms with van der Waals surface area (Å²) in [5.41, 5.74) is 1.42. The fraction of sp³-hybridized carbons (Fsp3) is 0.500. The molecule has 0 bridgehead atoms. The SMILES string of the molecule is Clc1ccc(C23C=NC[C@@H]2CCCC3)cc1Cl. The summed E-state index contributed by atoms with van der Waals surface area (Å²) in [6.07, 6.45) is 7.25. The van der Waals surface area contributed by atoms with Gasteiger partial charge in [-0.15, -0.1) is 0 Å². The van der Waals surface area contributed by atoms with Crippen molar-refractivity contribution in [2.45, 2.75) is 31.1 Å². The Balaban J connectivity index is 2.05. The molecule has 0 saturated heterocycles. The molecule has 0 aromatic heterocycles. The van der Waals surface area contributed by atoms with Gasteiger partial charge in [0.1, 0.15) is 0 Å². The van der Waals surface area contributed by atoms with Crippen molar-refractivity contribution in [1.82, 2.24) is 0 Å².